The van der Waals surface area contributed by atoms with Gasteiger partial charge in [-0.1, -0.05) is 37.2 Å². The number of H-pyrrole nitrogens is 1. The zero-order chi connectivity index (χ0) is 14.5. The lowest BCUT2D eigenvalue weighted by atomic mass is 10.1. The van der Waals surface area contributed by atoms with Crippen molar-refractivity contribution in [3.05, 3.63) is 51.9 Å². The van der Waals surface area contributed by atoms with Crippen LogP contribution in [0.25, 0.3) is 0 Å². The number of hydrogen-bond acceptors (Lipinski definition) is 4. The van der Waals surface area contributed by atoms with Gasteiger partial charge in [-0.05, 0) is 31.0 Å². The highest BCUT2D eigenvalue weighted by atomic mass is 32.2. The van der Waals surface area contributed by atoms with Crippen molar-refractivity contribution >= 4 is 11.8 Å². The maximum atomic E-state index is 11.6. The molecule has 0 unspecified atom stereocenters. The van der Waals surface area contributed by atoms with E-state index >= 15 is 0 Å². The standard InChI is InChI=1S/C15H19N3OS/c1-3-4-12-9-14(19)18-15(17-12)20-13-7-5-11(6-8-13)10(2)16/h5-10H,3-4,16H2,1-2H3,(H,17,18,19)/t10-/m0/s1. The highest BCUT2D eigenvalue weighted by Crippen LogP contribution is 2.25. The average Bonchev–Trinajstić information content (AvgIpc) is 2.39. The van der Waals surface area contributed by atoms with Crippen LogP contribution >= 0.6 is 11.8 Å². The maximum absolute atomic E-state index is 11.6. The number of nitrogens with one attached hydrogen (secondary N) is 1. The van der Waals surface area contributed by atoms with Gasteiger partial charge < -0.3 is 10.7 Å². The van der Waals surface area contributed by atoms with Crippen LogP contribution in [0.2, 0.25) is 0 Å². The molecule has 20 heavy (non-hydrogen) atoms. The molecule has 0 saturated carbocycles. The van der Waals surface area contributed by atoms with E-state index < -0.39 is 0 Å². The predicted molar refractivity (Wildman–Crippen MR) is 82.0 cm³/mol. The van der Waals surface area contributed by atoms with Crippen LogP contribution < -0.4 is 11.3 Å². The molecule has 0 fully saturated rings. The molecular formula is C15H19N3OS. The van der Waals surface area contributed by atoms with Gasteiger partial charge in [0, 0.05) is 22.7 Å². The van der Waals surface area contributed by atoms with Gasteiger partial charge in [-0.2, -0.15) is 0 Å². The Hall–Kier alpha value is -1.59. The van der Waals surface area contributed by atoms with Gasteiger partial charge in [0.05, 0.1) is 0 Å². The number of benzene rings is 1. The summed E-state index contributed by atoms with van der Waals surface area (Å²) in [7, 11) is 0. The average molecular weight is 289 g/mol. The Morgan fingerprint density at radius 2 is 2.05 bits per heavy atom. The fourth-order valence-corrected chi connectivity index (χ4v) is 2.68. The number of aryl methyl sites for hydroxylation is 1. The quantitative estimate of drug-likeness (QED) is 0.830. The third kappa shape index (κ3) is 3.95. The van der Waals surface area contributed by atoms with E-state index in [9.17, 15) is 4.79 Å². The van der Waals surface area contributed by atoms with Crippen molar-refractivity contribution in [1.29, 1.82) is 0 Å². The van der Waals surface area contributed by atoms with Crippen molar-refractivity contribution in [2.75, 3.05) is 0 Å². The van der Waals surface area contributed by atoms with E-state index in [0.717, 1.165) is 29.0 Å². The van der Waals surface area contributed by atoms with Crippen molar-refractivity contribution < 1.29 is 0 Å². The highest BCUT2D eigenvalue weighted by Gasteiger charge is 2.04. The molecule has 106 valence electrons. The monoisotopic (exact) mass is 289 g/mol. The first-order valence-electron chi connectivity index (χ1n) is 6.72. The molecule has 1 heterocycles. The summed E-state index contributed by atoms with van der Waals surface area (Å²) in [5.74, 6) is 0. The molecule has 0 bridgehead atoms. The first kappa shape index (κ1) is 14.8. The zero-order valence-corrected chi connectivity index (χ0v) is 12.5. The molecule has 1 aromatic heterocycles. The van der Waals surface area contributed by atoms with E-state index in [0.29, 0.717) is 5.16 Å². The number of aromatic amines is 1. The van der Waals surface area contributed by atoms with E-state index in [2.05, 4.69) is 16.9 Å². The van der Waals surface area contributed by atoms with Crippen LogP contribution in [0, 0.1) is 0 Å². The van der Waals surface area contributed by atoms with Gasteiger partial charge in [0.15, 0.2) is 5.16 Å². The number of hydrogen-bond donors (Lipinski definition) is 2. The summed E-state index contributed by atoms with van der Waals surface area (Å²) in [6, 6.07) is 9.58. The van der Waals surface area contributed by atoms with Gasteiger partial charge in [0.2, 0.25) is 0 Å². The molecule has 2 rings (SSSR count). The lowest BCUT2D eigenvalue weighted by molar-refractivity contribution is 0.813. The fraction of sp³-hybridized carbons (Fsp3) is 0.333. The largest absolute Gasteiger partial charge is 0.324 e. The van der Waals surface area contributed by atoms with E-state index in [1.165, 1.54) is 11.8 Å². The summed E-state index contributed by atoms with van der Waals surface area (Å²) in [6.07, 6.45) is 1.80. The fourth-order valence-electron chi connectivity index (χ4n) is 1.87. The maximum Gasteiger partial charge on any atom is 0.251 e. The Balaban J connectivity index is 2.18. The highest BCUT2D eigenvalue weighted by molar-refractivity contribution is 7.99. The summed E-state index contributed by atoms with van der Waals surface area (Å²) >= 11 is 1.45. The molecule has 2 aromatic rings. The van der Waals surface area contributed by atoms with Crippen molar-refractivity contribution in [2.24, 2.45) is 5.73 Å². The van der Waals surface area contributed by atoms with Gasteiger partial charge >= 0.3 is 0 Å². The lowest BCUT2D eigenvalue weighted by Crippen LogP contribution is -2.09. The number of nitrogens with two attached hydrogens (primary N) is 1. The van der Waals surface area contributed by atoms with E-state index in [1.54, 1.807) is 6.07 Å². The molecule has 0 spiro atoms. The van der Waals surface area contributed by atoms with E-state index in [1.807, 2.05) is 31.2 Å². The van der Waals surface area contributed by atoms with E-state index in [4.69, 9.17) is 5.73 Å². The second-order valence-electron chi connectivity index (χ2n) is 4.75. The molecule has 0 aliphatic heterocycles. The van der Waals surface area contributed by atoms with Gasteiger partial charge in [0.1, 0.15) is 0 Å². The van der Waals surface area contributed by atoms with Crippen molar-refractivity contribution in [3.63, 3.8) is 0 Å². The molecule has 0 saturated heterocycles. The van der Waals surface area contributed by atoms with Gasteiger partial charge in [0.25, 0.3) is 5.56 Å². The summed E-state index contributed by atoms with van der Waals surface area (Å²) in [5, 5.41) is 0.634. The van der Waals surface area contributed by atoms with Crippen molar-refractivity contribution in [1.82, 2.24) is 9.97 Å². The van der Waals surface area contributed by atoms with Crippen LogP contribution in [-0.4, -0.2) is 9.97 Å². The molecule has 0 amide bonds. The molecule has 0 aliphatic carbocycles. The van der Waals surface area contributed by atoms with Gasteiger partial charge in [-0.3, -0.25) is 4.79 Å². The zero-order valence-electron chi connectivity index (χ0n) is 11.7. The first-order chi connectivity index (χ1) is 9.58. The van der Waals surface area contributed by atoms with Crippen LogP contribution in [0.4, 0.5) is 0 Å². The molecular weight excluding hydrogens is 270 g/mol. The van der Waals surface area contributed by atoms with Crippen LogP contribution in [0.15, 0.2) is 45.2 Å². The van der Waals surface area contributed by atoms with Crippen LogP contribution in [0.5, 0.6) is 0 Å². The Labute approximate surface area is 122 Å². The number of rotatable bonds is 5. The molecule has 5 heteroatoms. The number of nitrogens with zero attached hydrogens (tertiary/aromatic N) is 1. The summed E-state index contributed by atoms with van der Waals surface area (Å²) in [5.41, 5.74) is 7.66. The summed E-state index contributed by atoms with van der Waals surface area (Å²) in [4.78, 5) is 19.9. The molecule has 4 nitrogen and oxygen atoms in total. The minimum absolute atomic E-state index is 0.0277. The second-order valence-corrected chi connectivity index (χ2v) is 5.81. The lowest BCUT2D eigenvalue weighted by Gasteiger charge is -2.07. The smallest absolute Gasteiger partial charge is 0.251 e. The number of aromatic nitrogens is 2. The van der Waals surface area contributed by atoms with Gasteiger partial charge in [-0.15, -0.1) is 0 Å². The summed E-state index contributed by atoms with van der Waals surface area (Å²) < 4.78 is 0. The molecule has 3 N–H and O–H groups in total. The third-order valence-corrected chi connectivity index (χ3v) is 3.79. The van der Waals surface area contributed by atoms with Crippen LogP contribution in [0.3, 0.4) is 0 Å². The van der Waals surface area contributed by atoms with E-state index in [-0.39, 0.29) is 11.6 Å². The molecule has 1 atom stereocenters. The van der Waals surface area contributed by atoms with Crippen LogP contribution in [-0.2, 0) is 6.42 Å². The molecule has 0 aliphatic rings. The minimum Gasteiger partial charge on any atom is -0.324 e. The Morgan fingerprint density at radius 1 is 1.35 bits per heavy atom. The van der Waals surface area contributed by atoms with Crippen LogP contribution in [0.1, 0.15) is 37.6 Å². The molecule has 1 aromatic carbocycles. The SMILES string of the molecule is CCCc1cc(=O)[nH]c(Sc2ccc([C@H](C)N)cc2)n1. The summed E-state index contributed by atoms with van der Waals surface area (Å²) in [6.45, 7) is 4.03. The Morgan fingerprint density at radius 3 is 2.65 bits per heavy atom. The van der Waals surface area contributed by atoms with Crippen molar-refractivity contribution in [3.8, 4) is 0 Å². The van der Waals surface area contributed by atoms with Crippen molar-refractivity contribution in [2.45, 2.75) is 42.8 Å². The third-order valence-electron chi connectivity index (χ3n) is 2.90. The first-order valence-corrected chi connectivity index (χ1v) is 7.53. The van der Waals surface area contributed by atoms with Gasteiger partial charge in [-0.25, -0.2) is 4.98 Å². The molecule has 0 radical (unpaired) electrons. The second kappa shape index (κ2) is 6.72. The topological polar surface area (TPSA) is 71.8 Å². The minimum atomic E-state index is -0.0989. The normalized spacial score (nSPS) is 12.3. The Kier molecular flexibility index (Phi) is 4.98. The Bertz CT molecular complexity index is 620. The predicted octanol–water partition coefficient (Wildman–Crippen LogP) is 2.89.